The molecule has 2 heterocycles. The Morgan fingerprint density at radius 3 is 2.86 bits per heavy atom. The third-order valence-electron chi connectivity index (χ3n) is 2.70. The summed E-state index contributed by atoms with van der Waals surface area (Å²) in [4.78, 5) is 9.42. The zero-order valence-corrected chi connectivity index (χ0v) is 12.4. The van der Waals surface area contributed by atoms with Gasteiger partial charge in [-0.15, -0.1) is 11.8 Å². The highest BCUT2D eigenvalue weighted by Gasteiger charge is 2.13. The molecule has 21 heavy (non-hydrogen) atoms. The van der Waals surface area contributed by atoms with E-state index in [0.717, 1.165) is 4.90 Å². The van der Waals surface area contributed by atoms with Gasteiger partial charge in [-0.2, -0.15) is 4.98 Å². The zero-order valence-electron chi connectivity index (χ0n) is 10.9. The molecule has 7 heteroatoms. The maximum absolute atomic E-state index is 6.10. The molecule has 0 aliphatic rings. The maximum atomic E-state index is 6.10. The van der Waals surface area contributed by atoms with E-state index in [2.05, 4.69) is 15.1 Å². The number of hydrogen-bond acceptors (Lipinski definition) is 6. The first-order chi connectivity index (χ1) is 10.2. The minimum atomic E-state index is 0.322. The predicted molar refractivity (Wildman–Crippen MR) is 83.0 cm³/mol. The van der Waals surface area contributed by atoms with Crippen molar-refractivity contribution in [1.29, 1.82) is 0 Å². The Balaban J connectivity index is 1.74. The van der Waals surface area contributed by atoms with Gasteiger partial charge < -0.3 is 10.3 Å². The Bertz CT molecular complexity index is 762. The van der Waals surface area contributed by atoms with Gasteiger partial charge in [0, 0.05) is 11.1 Å². The molecule has 106 valence electrons. The van der Waals surface area contributed by atoms with Crippen molar-refractivity contribution >= 4 is 29.1 Å². The Labute approximate surface area is 130 Å². The van der Waals surface area contributed by atoms with Gasteiger partial charge in [-0.1, -0.05) is 28.9 Å². The lowest BCUT2D eigenvalue weighted by Gasteiger charge is -2.00. The van der Waals surface area contributed by atoms with Crippen LogP contribution >= 0.6 is 23.4 Å². The topological polar surface area (TPSA) is 77.8 Å². The fraction of sp³-hybridized carbons (Fsp3) is 0.0714. The first-order valence-electron chi connectivity index (χ1n) is 6.15. The van der Waals surface area contributed by atoms with Gasteiger partial charge in [-0.25, -0.2) is 4.98 Å². The van der Waals surface area contributed by atoms with Gasteiger partial charge in [0.1, 0.15) is 0 Å². The van der Waals surface area contributed by atoms with Crippen LogP contribution in [-0.4, -0.2) is 15.1 Å². The molecule has 0 aliphatic heterocycles. The lowest BCUT2D eigenvalue weighted by Crippen LogP contribution is -1.92. The summed E-state index contributed by atoms with van der Waals surface area (Å²) in [6, 6.07) is 11.1. The summed E-state index contributed by atoms with van der Waals surface area (Å²) in [5, 5.41) is 4.64. The molecule has 0 unspecified atom stereocenters. The maximum Gasteiger partial charge on any atom is 0.278 e. The number of nitrogens with two attached hydrogens (primary N) is 1. The lowest BCUT2D eigenvalue weighted by molar-refractivity contribution is 0.424. The molecule has 2 N–H and O–H groups in total. The van der Waals surface area contributed by atoms with Crippen LogP contribution in [0.4, 0.5) is 5.69 Å². The van der Waals surface area contributed by atoms with E-state index in [1.54, 1.807) is 30.1 Å². The highest BCUT2D eigenvalue weighted by molar-refractivity contribution is 7.98. The summed E-state index contributed by atoms with van der Waals surface area (Å²) >= 11 is 7.64. The van der Waals surface area contributed by atoms with Crippen LogP contribution in [0.5, 0.6) is 0 Å². The number of hydrogen-bond donors (Lipinski definition) is 1. The number of anilines is 1. The number of nitrogens with zero attached hydrogens (tertiary/aromatic N) is 3. The third kappa shape index (κ3) is 3.17. The number of aromatic nitrogens is 3. The zero-order chi connectivity index (χ0) is 14.7. The third-order valence-corrected chi connectivity index (χ3v) is 4.21. The summed E-state index contributed by atoms with van der Waals surface area (Å²) in [7, 11) is 0. The molecule has 0 saturated carbocycles. The van der Waals surface area contributed by atoms with Gasteiger partial charge in [0.05, 0.1) is 16.5 Å². The van der Waals surface area contributed by atoms with Crippen molar-refractivity contribution in [2.24, 2.45) is 0 Å². The Hall–Kier alpha value is -2.05. The molecule has 3 rings (SSSR count). The van der Waals surface area contributed by atoms with E-state index in [1.807, 2.05) is 24.3 Å². The minimum Gasteiger partial charge on any atom is -0.397 e. The van der Waals surface area contributed by atoms with E-state index in [-0.39, 0.29) is 0 Å². The quantitative estimate of drug-likeness (QED) is 0.740. The van der Waals surface area contributed by atoms with Gasteiger partial charge >= 0.3 is 0 Å². The van der Waals surface area contributed by atoms with Gasteiger partial charge in [-0.05, 0) is 24.3 Å². The largest absolute Gasteiger partial charge is 0.397 e. The second-order valence-corrected chi connectivity index (χ2v) is 5.60. The summed E-state index contributed by atoms with van der Waals surface area (Å²) < 4.78 is 5.20. The van der Waals surface area contributed by atoms with Crippen LogP contribution in [0.1, 0.15) is 5.82 Å². The molecule has 2 aromatic heterocycles. The van der Waals surface area contributed by atoms with E-state index in [0.29, 0.717) is 33.9 Å². The van der Waals surface area contributed by atoms with Crippen molar-refractivity contribution < 1.29 is 4.52 Å². The first kappa shape index (κ1) is 13.9. The summed E-state index contributed by atoms with van der Waals surface area (Å²) in [6.45, 7) is 0. The predicted octanol–water partition coefficient (Wildman–Crippen LogP) is 3.66. The van der Waals surface area contributed by atoms with Crippen molar-refractivity contribution in [3.8, 4) is 11.6 Å². The van der Waals surface area contributed by atoms with Crippen LogP contribution in [0.15, 0.2) is 52.0 Å². The normalized spacial score (nSPS) is 10.7. The van der Waals surface area contributed by atoms with Gasteiger partial charge in [0.25, 0.3) is 5.89 Å². The molecule has 0 fully saturated rings. The SMILES string of the molecule is Nc1cccnc1-c1nc(CSc2ccccc2Cl)no1. The monoisotopic (exact) mass is 318 g/mol. The standard InChI is InChI=1S/C14H11ClN4OS/c15-9-4-1-2-6-11(9)21-8-12-18-14(20-19-12)13-10(16)5-3-7-17-13/h1-7H,8,16H2. The van der Waals surface area contributed by atoms with Crippen LogP contribution in [0.25, 0.3) is 11.6 Å². The van der Waals surface area contributed by atoms with E-state index >= 15 is 0 Å². The van der Waals surface area contributed by atoms with E-state index in [9.17, 15) is 0 Å². The van der Waals surface area contributed by atoms with Crippen molar-refractivity contribution in [3.05, 3.63) is 53.4 Å². The number of halogens is 1. The molecule has 0 radical (unpaired) electrons. The number of benzene rings is 1. The fourth-order valence-corrected chi connectivity index (χ4v) is 2.79. The van der Waals surface area contributed by atoms with Crippen molar-refractivity contribution in [2.75, 3.05) is 5.73 Å². The molecule has 1 aromatic carbocycles. The smallest absolute Gasteiger partial charge is 0.278 e. The molecule has 0 bridgehead atoms. The Morgan fingerprint density at radius 1 is 1.19 bits per heavy atom. The van der Waals surface area contributed by atoms with Crippen molar-refractivity contribution in [1.82, 2.24) is 15.1 Å². The highest BCUT2D eigenvalue weighted by atomic mass is 35.5. The number of nitrogen functional groups attached to an aromatic ring is 1. The minimum absolute atomic E-state index is 0.322. The van der Waals surface area contributed by atoms with E-state index in [4.69, 9.17) is 21.9 Å². The van der Waals surface area contributed by atoms with Gasteiger partial charge in [-0.3, -0.25) is 0 Å². The average molecular weight is 319 g/mol. The molecule has 0 atom stereocenters. The first-order valence-corrected chi connectivity index (χ1v) is 7.51. The fourth-order valence-electron chi connectivity index (χ4n) is 1.71. The molecule has 3 aromatic rings. The summed E-state index contributed by atoms with van der Waals surface area (Å²) in [5.41, 5.74) is 6.84. The molecule has 0 aliphatic carbocycles. The second-order valence-electron chi connectivity index (χ2n) is 4.18. The van der Waals surface area contributed by atoms with Gasteiger partial charge in [0.2, 0.25) is 0 Å². The van der Waals surface area contributed by atoms with Crippen molar-refractivity contribution in [2.45, 2.75) is 10.6 Å². The Morgan fingerprint density at radius 2 is 2.05 bits per heavy atom. The number of rotatable bonds is 4. The Kier molecular flexibility index (Phi) is 4.08. The van der Waals surface area contributed by atoms with Crippen LogP contribution < -0.4 is 5.73 Å². The summed E-state index contributed by atoms with van der Waals surface area (Å²) in [5.74, 6) is 1.45. The van der Waals surface area contributed by atoms with Crippen LogP contribution in [-0.2, 0) is 5.75 Å². The van der Waals surface area contributed by atoms with E-state index in [1.165, 1.54) is 0 Å². The molecule has 0 spiro atoms. The highest BCUT2D eigenvalue weighted by Crippen LogP contribution is 2.29. The van der Waals surface area contributed by atoms with Crippen LogP contribution in [0.2, 0.25) is 5.02 Å². The average Bonchev–Trinajstić information content (AvgIpc) is 2.96. The number of thioether (sulfide) groups is 1. The molecule has 5 nitrogen and oxygen atoms in total. The molecular weight excluding hydrogens is 308 g/mol. The molecular formula is C14H11ClN4OS. The molecule has 0 saturated heterocycles. The van der Waals surface area contributed by atoms with Gasteiger partial charge in [0.15, 0.2) is 11.5 Å². The number of pyridine rings is 1. The van der Waals surface area contributed by atoms with Crippen LogP contribution in [0.3, 0.4) is 0 Å². The summed E-state index contributed by atoms with van der Waals surface area (Å²) in [6.07, 6.45) is 1.63. The molecule has 0 amide bonds. The van der Waals surface area contributed by atoms with Crippen molar-refractivity contribution in [3.63, 3.8) is 0 Å². The van der Waals surface area contributed by atoms with Crippen LogP contribution in [0, 0.1) is 0 Å². The van der Waals surface area contributed by atoms with E-state index < -0.39 is 0 Å². The second kappa shape index (κ2) is 6.15. The lowest BCUT2D eigenvalue weighted by atomic mass is 10.3.